The molecule has 1 amide bonds. The molecular weight excluding hydrogens is 344 g/mol. The van der Waals surface area contributed by atoms with Crippen LogP contribution < -0.4 is 5.32 Å². The lowest BCUT2D eigenvalue weighted by atomic mass is 10.1. The number of para-hydroxylation sites is 1. The SMILES string of the molecule is Cc1ccc(NC(=O)CSc2nnc3cc(C)c4ccccc4n23)cc1. The standard InChI is InChI=1S/C20H18N4OS/c1-13-7-9-15(10-8-13)21-19(25)12-26-20-23-22-18-11-14(2)16-5-3-4-6-17(16)24(18)20/h3-11H,12H2,1-2H3,(H,21,25). The third-order valence-corrected chi connectivity index (χ3v) is 5.17. The van der Waals surface area contributed by atoms with Crippen molar-refractivity contribution in [3.63, 3.8) is 0 Å². The van der Waals surface area contributed by atoms with Crippen LogP contribution in [0, 0.1) is 13.8 Å². The summed E-state index contributed by atoms with van der Waals surface area (Å²) in [6, 6.07) is 17.9. The fourth-order valence-corrected chi connectivity index (χ4v) is 3.68. The van der Waals surface area contributed by atoms with E-state index >= 15 is 0 Å². The molecule has 0 aliphatic heterocycles. The smallest absolute Gasteiger partial charge is 0.234 e. The van der Waals surface area contributed by atoms with E-state index in [0.29, 0.717) is 0 Å². The number of benzene rings is 2. The van der Waals surface area contributed by atoms with Crippen LogP contribution in [-0.4, -0.2) is 26.3 Å². The molecule has 0 fully saturated rings. The fraction of sp³-hybridized carbons (Fsp3) is 0.150. The normalized spacial score (nSPS) is 11.2. The molecule has 0 spiro atoms. The Labute approximate surface area is 155 Å². The van der Waals surface area contributed by atoms with Crippen LogP contribution in [0.4, 0.5) is 5.69 Å². The Morgan fingerprint density at radius 1 is 1.08 bits per heavy atom. The van der Waals surface area contributed by atoms with Gasteiger partial charge >= 0.3 is 0 Å². The van der Waals surface area contributed by atoms with E-state index in [1.54, 1.807) is 0 Å². The molecule has 2 aromatic heterocycles. The van der Waals surface area contributed by atoms with Gasteiger partial charge in [0, 0.05) is 11.1 Å². The maximum absolute atomic E-state index is 12.3. The quantitative estimate of drug-likeness (QED) is 0.552. The van der Waals surface area contributed by atoms with Gasteiger partial charge in [0.05, 0.1) is 11.3 Å². The third-order valence-electron chi connectivity index (χ3n) is 4.24. The Morgan fingerprint density at radius 2 is 1.85 bits per heavy atom. The van der Waals surface area contributed by atoms with Gasteiger partial charge in [-0.25, -0.2) is 0 Å². The van der Waals surface area contributed by atoms with Gasteiger partial charge in [0.15, 0.2) is 10.8 Å². The highest BCUT2D eigenvalue weighted by Crippen LogP contribution is 2.25. The largest absolute Gasteiger partial charge is 0.325 e. The molecule has 4 rings (SSSR count). The van der Waals surface area contributed by atoms with Crippen LogP contribution in [0.5, 0.6) is 0 Å². The average molecular weight is 362 g/mol. The number of hydrogen-bond acceptors (Lipinski definition) is 4. The second kappa shape index (κ2) is 6.80. The predicted molar refractivity (Wildman–Crippen MR) is 106 cm³/mol. The number of carbonyl (C=O) groups is 1. The molecule has 2 heterocycles. The molecule has 4 aromatic rings. The lowest BCUT2D eigenvalue weighted by Crippen LogP contribution is -2.14. The van der Waals surface area contributed by atoms with Crippen LogP contribution in [0.1, 0.15) is 11.1 Å². The summed E-state index contributed by atoms with van der Waals surface area (Å²) < 4.78 is 2.01. The molecular formula is C20H18N4OS. The van der Waals surface area contributed by atoms with Gasteiger partial charge in [0.25, 0.3) is 0 Å². The number of aromatic nitrogens is 3. The van der Waals surface area contributed by atoms with Crippen LogP contribution >= 0.6 is 11.8 Å². The number of amides is 1. The second-order valence-corrected chi connectivity index (χ2v) is 7.17. The first-order valence-corrected chi connectivity index (χ1v) is 9.33. The molecule has 130 valence electrons. The second-order valence-electron chi connectivity index (χ2n) is 6.22. The van der Waals surface area contributed by atoms with E-state index in [0.717, 1.165) is 38.5 Å². The lowest BCUT2D eigenvalue weighted by Gasteiger charge is -2.08. The summed E-state index contributed by atoms with van der Waals surface area (Å²) in [6.07, 6.45) is 0. The number of anilines is 1. The van der Waals surface area contributed by atoms with Gasteiger partial charge in [-0.1, -0.05) is 47.7 Å². The minimum atomic E-state index is -0.0629. The van der Waals surface area contributed by atoms with Crippen LogP contribution in [0.25, 0.3) is 16.6 Å². The molecule has 0 bridgehead atoms. The fourth-order valence-electron chi connectivity index (χ4n) is 2.93. The summed E-state index contributed by atoms with van der Waals surface area (Å²) in [5.74, 6) is 0.212. The monoisotopic (exact) mass is 362 g/mol. The molecule has 0 radical (unpaired) electrons. The van der Waals surface area contributed by atoms with E-state index in [9.17, 15) is 4.79 Å². The van der Waals surface area contributed by atoms with Crippen LogP contribution in [0.3, 0.4) is 0 Å². The first-order chi connectivity index (χ1) is 12.6. The van der Waals surface area contributed by atoms with Crippen molar-refractivity contribution < 1.29 is 4.79 Å². The van der Waals surface area contributed by atoms with Gasteiger partial charge in [-0.3, -0.25) is 9.20 Å². The molecule has 0 unspecified atom stereocenters. The molecule has 2 aromatic carbocycles. The minimum Gasteiger partial charge on any atom is -0.325 e. The highest BCUT2D eigenvalue weighted by Gasteiger charge is 2.13. The van der Waals surface area contributed by atoms with E-state index in [2.05, 4.69) is 34.6 Å². The van der Waals surface area contributed by atoms with Gasteiger partial charge < -0.3 is 5.32 Å². The zero-order chi connectivity index (χ0) is 18.1. The van der Waals surface area contributed by atoms with Crippen molar-refractivity contribution in [3.8, 4) is 0 Å². The predicted octanol–water partition coefficient (Wildman–Crippen LogP) is 4.23. The zero-order valence-electron chi connectivity index (χ0n) is 14.6. The number of carbonyl (C=O) groups excluding carboxylic acids is 1. The highest BCUT2D eigenvalue weighted by atomic mass is 32.2. The van der Waals surface area contributed by atoms with Crippen molar-refractivity contribution in [3.05, 3.63) is 65.7 Å². The highest BCUT2D eigenvalue weighted by molar-refractivity contribution is 7.99. The van der Waals surface area contributed by atoms with E-state index < -0.39 is 0 Å². The van der Waals surface area contributed by atoms with E-state index in [1.165, 1.54) is 11.8 Å². The first-order valence-electron chi connectivity index (χ1n) is 8.34. The van der Waals surface area contributed by atoms with Crippen molar-refractivity contribution in [2.45, 2.75) is 19.0 Å². The molecule has 5 nitrogen and oxygen atoms in total. The first kappa shape index (κ1) is 16.6. The number of pyridine rings is 1. The Hall–Kier alpha value is -2.86. The third kappa shape index (κ3) is 3.15. The Kier molecular flexibility index (Phi) is 4.34. The number of hydrogen-bond donors (Lipinski definition) is 1. The van der Waals surface area contributed by atoms with Crippen LogP contribution in [0.2, 0.25) is 0 Å². The van der Waals surface area contributed by atoms with E-state index in [-0.39, 0.29) is 11.7 Å². The van der Waals surface area contributed by atoms with Crippen molar-refractivity contribution in [2.24, 2.45) is 0 Å². The number of nitrogens with zero attached hydrogens (tertiary/aromatic N) is 3. The summed E-state index contributed by atoms with van der Waals surface area (Å²) in [7, 11) is 0. The zero-order valence-corrected chi connectivity index (χ0v) is 15.4. The van der Waals surface area contributed by atoms with Gasteiger partial charge in [0.2, 0.25) is 5.91 Å². The lowest BCUT2D eigenvalue weighted by molar-refractivity contribution is -0.113. The van der Waals surface area contributed by atoms with Crippen molar-refractivity contribution in [2.75, 3.05) is 11.1 Å². The maximum atomic E-state index is 12.3. The van der Waals surface area contributed by atoms with Crippen LogP contribution in [-0.2, 0) is 4.79 Å². The topological polar surface area (TPSA) is 59.3 Å². The molecule has 0 atom stereocenters. The van der Waals surface area contributed by atoms with Crippen molar-refractivity contribution in [1.29, 1.82) is 0 Å². The Morgan fingerprint density at radius 3 is 2.65 bits per heavy atom. The summed E-state index contributed by atoms with van der Waals surface area (Å²) in [5, 5.41) is 13.3. The van der Waals surface area contributed by atoms with Crippen molar-refractivity contribution in [1.82, 2.24) is 14.6 Å². The molecule has 26 heavy (non-hydrogen) atoms. The Bertz CT molecular complexity index is 1100. The van der Waals surface area contributed by atoms with Gasteiger partial charge in [0.1, 0.15) is 0 Å². The van der Waals surface area contributed by atoms with Crippen molar-refractivity contribution >= 4 is 39.9 Å². The molecule has 0 saturated heterocycles. The molecule has 0 aliphatic carbocycles. The summed E-state index contributed by atoms with van der Waals surface area (Å²) in [6.45, 7) is 4.09. The molecule has 6 heteroatoms. The number of aryl methyl sites for hydroxylation is 2. The number of thioether (sulfide) groups is 1. The number of fused-ring (bicyclic) bond motifs is 3. The Balaban J connectivity index is 1.57. The molecule has 1 N–H and O–H groups in total. The summed E-state index contributed by atoms with van der Waals surface area (Å²) in [4.78, 5) is 12.3. The van der Waals surface area contributed by atoms with Gasteiger partial charge in [-0.2, -0.15) is 0 Å². The van der Waals surface area contributed by atoms with Gasteiger partial charge in [-0.05, 0) is 43.7 Å². The van der Waals surface area contributed by atoms with E-state index in [1.807, 2.05) is 53.8 Å². The summed E-state index contributed by atoms with van der Waals surface area (Å²) in [5.41, 5.74) is 4.97. The van der Waals surface area contributed by atoms with E-state index in [4.69, 9.17) is 0 Å². The van der Waals surface area contributed by atoms with Crippen LogP contribution in [0.15, 0.2) is 59.8 Å². The molecule has 0 saturated carbocycles. The minimum absolute atomic E-state index is 0.0629. The number of nitrogens with one attached hydrogen (secondary N) is 1. The number of rotatable bonds is 4. The average Bonchev–Trinajstić information content (AvgIpc) is 3.05. The molecule has 0 aliphatic rings. The van der Waals surface area contributed by atoms with Gasteiger partial charge in [-0.15, -0.1) is 10.2 Å². The summed E-state index contributed by atoms with van der Waals surface area (Å²) >= 11 is 1.39. The maximum Gasteiger partial charge on any atom is 0.234 e.